The van der Waals surface area contributed by atoms with Gasteiger partial charge in [-0.3, -0.25) is 0 Å². The van der Waals surface area contributed by atoms with E-state index in [1.165, 1.54) is 0 Å². The summed E-state index contributed by atoms with van der Waals surface area (Å²) in [7, 11) is 0. The monoisotopic (exact) mass is 440 g/mol. The van der Waals surface area contributed by atoms with Crippen molar-refractivity contribution in [3.8, 4) is 5.75 Å². The van der Waals surface area contributed by atoms with E-state index < -0.39 is 37.1 Å². The molecule has 0 unspecified atom stereocenters. The molecule has 2 fully saturated rings. The number of hydrogen-bond acceptors (Lipinski definition) is 9. The van der Waals surface area contributed by atoms with Crippen molar-refractivity contribution in [2.24, 2.45) is 0 Å². The van der Waals surface area contributed by atoms with Crippen LogP contribution in [0.2, 0.25) is 5.02 Å². The molecule has 2 heterocycles. The van der Waals surface area contributed by atoms with Crippen LogP contribution in [0.25, 0.3) is 0 Å². The Hall–Kier alpha value is -1.82. The Morgan fingerprint density at radius 2 is 1.87 bits per heavy atom. The lowest BCUT2D eigenvalue weighted by Gasteiger charge is -2.40. The first-order valence-corrected chi connectivity index (χ1v) is 10.4. The Morgan fingerprint density at radius 3 is 2.53 bits per heavy atom. The molecule has 1 aliphatic carbocycles. The zero-order valence-electron chi connectivity index (χ0n) is 16.1. The molecule has 0 amide bonds. The first-order chi connectivity index (χ1) is 14.5. The van der Waals surface area contributed by atoms with Gasteiger partial charge in [0.25, 0.3) is 0 Å². The standard InChI is InChI=1S/C19H25ClN4O6/c20-12-6-3-10(18-17(28)16(27)15(26)14(8-25)30-18)7-13(12)29-11-4-1-9(2-5-11)19-21-23-24-22-19/h3,6-7,9,11,14-18,25-28H,1-2,4-5,8H2,(H,21,22,23,24)/t9?,11?,14-,15-,16+,17-,18+/m1/s1. The molecule has 2 aliphatic rings. The third-order valence-corrected chi connectivity index (χ3v) is 6.18. The molecule has 10 nitrogen and oxygen atoms in total. The van der Waals surface area contributed by atoms with Crippen LogP contribution in [0, 0.1) is 0 Å². The summed E-state index contributed by atoms with van der Waals surface area (Å²) in [5.41, 5.74) is 0.534. The maximum Gasteiger partial charge on any atom is 0.177 e. The third kappa shape index (κ3) is 4.29. The van der Waals surface area contributed by atoms with E-state index in [9.17, 15) is 20.4 Å². The summed E-state index contributed by atoms with van der Waals surface area (Å²) in [4.78, 5) is 0. The summed E-state index contributed by atoms with van der Waals surface area (Å²) in [5.74, 6) is 1.42. The lowest BCUT2D eigenvalue weighted by Crippen LogP contribution is -2.55. The molecule has 1 saturated heterocycles. The van der Waals surface area contributed by atoms with Crippen molar-refractivity contribution in [3.63, 3.8) is 0 Å². The van der Waals surface area contributed by atoms with Gasteiger partial charge in [0, 0.05) is 5.92 Å². The van der Waals surface area contributed by atoms with Gasteiger partial charge in [0.15, 0.2) is 5.82 Å². The van der Waals surface area contributed by atoms with E-state index in [2.05, 4.69) is 20.6 Å². The number of benzene rings is 1. The van der Waals surface area contributed by atoms with Gasteiger partial charge >= 0.3 is 0 Å². The van der Waals surface area contributed by atoms with Crippen molar-refractivity contribution >= 4 is 11.6 Å². The fraction of sp³-hybridized carbons (Fsp3) is 0.632. The largest absolute Gasteiger partial charge is 0.489 e. The molecule has 164 valence electrons. The Morgan fingerprint density at radius 1 is 1.10 bits per heavy atom. The van der Waals surface area contributed by atoms with Gasteiger partial charge in [-0.25, -0.2) is 0 Å². The number of aliphatic hydroxyl groups excluding tert-OH is 4. The molecular weight excluding hydrogens is 416 g/mol. The van der Waals surface area contributed by atoms with Crippen molar-refractivity contribution in [2.75, 3.05) is 6.61 Å². The summed E-state index contributed by atoms with van der Waals surface area (Å²) in [5, 5.41) is 54.4. The lowest BCUT2D eigenvalue weighted by atomic mass is 9.87. The van der Waals surface area contributed by atoms with Crippen LogP contribution in [0.3, 0.4) is 0 Å². The Labute approximate surface area is 177 Å². The summed E-state index contributed by atoms with van der Waals surface area (Å²) in [6, 6.07) is 4.97. The average molecular weight is 441 g/mol. The number of halogens is 1. The van der Waals surface area contributed by atoms with Crippen LogP contribution in [0.15, 0.2) is 18.2 Å². The Kier molecular flexibility index (Phi) is 6.51. The van der Waals surface area contributed by atoms with Crippen LogP contribution in [-0.4, -0.2) is 78.2 Å². The molecule has 0 radical (unpaired) electrons. The van der Waals surface area contributed by atoms with E-state index >= 15 is 0 Å². The van der Waals surface area contributed by atoms with Crippen LogP contribution < -0.4 is 4.74 Å². The first-order valence-electron chi connectivity index (χ1n) is 9.98. The number of H-pyrrole nitrogens is 1. The number of aromatic amines is 1. The molecular formula is C19H25ClN4O6. The van der Waals surface area contributed by atoms with Gasteiger partial charge in [-0.05, 0) is 43.4 Å². The fourth-order valence-corrected chi connectivity index (χ4v) is 4.29. The number of rotatable bonds is 5. The highest BCUT2D eigenvalue weighted by Crippen LogP contribution is 2.38. The van der Waals surface area contributed by atoms with E-state index in [0.717, 1.165) is 31.5 Å². The second-order valence-corrected chi connectivity index (χ2v) is 8.21. The van der Waals surface area contributed by atoms with Gasteiger partial charge in [0.1, 0.15) is 36.3 Å². The molecule has 2 aromatic rings. The lowest BCUT2D eigenvalue weighted by molar-refractivity contribution is -0.231. The summed E-state index contributed by atoms with van der Waals surface area (Å²) < 4.78 is 11.8. The molecule has 1 saturated carbocycles. The number of aliphatic hydroxyl groups is 4. The van der Waals surface area contributed by atoms with Gasteiger partial charge in [-0.15, -0.1) is 10.2 Å². The van der Waals surface area contributed by atoms with E-state index in [0.29, 0.717) is 16.3 Å². The Balaban J connectivity index is 1.45. The van der Waals surface area contributed by atoms with Crippen molar-refractivity contribution in [2.45, 2.75) is 68.2 Å². The summed E-state index contributed by atoms with van der Waals surface area (Å²) in [6.45, 7) is -0.484. The van der Waals surface area contributed by atoms with E-state index in [4.69, 9.17) is 21.1 Å². The fourth-order valence-electron chi connectivity index (χ4n) is 4.13. The molecule has 5 N–H and O–H groups in total. The maximum absolute atomic E-state index is 10.4. The van der Waals surface area contributed by atoms with Crippen molar-refractivity contribution < 1.29 is 29.9 Å². The molecule has 1 aromatic heterocycles. The second-order valence-electron chi connectivity index (χ2n) is 7.80. The normalized spacial score (nSPS) is 34.6. The number of tetrazole rings is 1. The van der Waals surface area contributed by atoms with Crippen LogP contribution in [0.4, 0.5) is 0 Å². The van der Waals surface area contributed by atoms with Gasteiger partial charge in [0.2, 0.25) is 0 Å². The third-order valence-electron chi connectivity index (χ3n) is 5.87. The quantitative estimate of drug-likeness (QED) is 0.446. The summed E-state index contributed by atoms with van der Waals surface area (Å²) >= 11 is 6.32. The molecule has 4 rings (SSSR count). The maximum atomic E-state index is 10.4. The van der Waals surface area contributed by atoms with Gasteiger partial charge in [-0.1, -0.05) is 22.9 Å². The van der Waals surface area contributed by atoms with E-state index in [-0.39, 0.29) is 12.0 Å². The predicted molar refractivity (Wildman–Crippen MR) is 104 cm³/mol. The zero-order valence-corrected chi connectivity index (χ0v) is 16.9. The molecule has 0 spiro atoms. The highest BCUT2D eigenvalue weighted by atomic mass is 35.5. The van der Waals surface area contributed by atoms with E-state index in [1.54, 1.807) is 18.2 Å². The van der Waals surface area contributed by atoms with Gasteiger partial charge in [0.05, 0.1) is 17.7 Å². The number of aromatic nitrogens is 4. The molecule has 1 aliphatic heterocycles. The highest BCUT2D eigenvalue weighted by molar-refractivity contribution is 6.32. The Bertz CT molecular complexity index is 830. The predicted octanol–water partition coefficient (Wildman–Crippen LogP) is 0.473. The topological polar surface area (TPSA) is 154 Å². The smallest absolute Gasteiger partial charge is 0.177 e. The first kappa shape index (κ1) is 21.4. The highest BCUT2D eigenvalue weighted by Gasteiger charge is 2.44. The van der Waals surface area contributed by atoms with Crippen molar-refractivity contribution in [3.05, 3.63) is 34.6 Å². The molecule has 5 atom stereocenters. The number of hydrogen-bond donors (Lipinski definition) is 5. The molecule has 11 heteroatoms. The van der Waals surface area contributed by atoms with E-state index in [1.807, 2.05) is 0 Å². The van der Waals surface area contributed by atoms with Gasteiger partial charge < -0.3 is 29.9 Å². The molecule has 0 bridgehead atoms. The van der Waals surface area contributed by atoms with Crippen molar-refractivity contribution in [1.29, 1.82) is 0 Å². The number of ether oxygens (including phenoxy) is 2. The van der Waals surface area contributed by atoms with Crippen LogP contribution >= 0.6 is 11.6 Å². The average Bonchev–Trinajstić information content (AvgIpc) is 3.30. The SMILES string of the molecule is OC[C@H]1O[C@@H](c2ccc(Cl)c(OC3CCC(c4nn[nH]n4)CC3)c2)[C@H](O)[C@@H](O)[C@@H]1O. The molecule has 1 aromatic carbocycles. The molecule has 30 heavy (non-hydrogen) atoms. The zero-order chi connectivity index (χ0) is 21.3. The second kappa shape index (κ2) is 9.13. The summed E-state index contributed by atoms with van der Waals surface area (Å²) in [6.07, 6.45) is -2.80. The number of nitrogens with zero attached hydrogens (tertiary/aromatic N) is 3. The van der Waals surface area contributed by atoms with Gasteiger partial charge in [-0.2, -0.15) is 5.21 Å². The van der Waals surface area contributed by atoms with Crippen LogP contribution in [-0.2, 0) is 4.74 Å². The van der Waals surface area contributed by atoms with Crippen LogP contribution in [0.1, 0.15) is 49.1 Å². The number of nitrogens with one attached hydrogen (secondary N) is 1. The van der Waals surface area contributed by atoms with Crippen molar-refractivity contribution in [1.82, 2.24) is 20.6 Å². The minimum absolute atomic E-state index is 0.0318. The van der Waals surface area contributed by atoms with Crippen LogP contribution in [0.5, 0.6) is 5.75 Å². The minimum atomic E-state index is -1.44. The minimum Gasteiger partial charge on any atom is -0.489 e.